The summed E-state index contributed by atoms with van der Waals surface area (Å²) >= 11 is 18.4. The number of hydrogen-bond acceptors (Lipinski definition) is 12. The van der Waals surface area contributed by atoms with Gasteiger partial charge in [-0.2, -0.15) is 39.5 Å². The number of rotatable bonds is 12. The zero-order valence-electron chi connectivity index (χ0n) is 48.5. The number of urea groups is 3. The van der Waals surface area contributed by atoms with Gasteiger partial charge in [-0.3, -0.25) is 15.0 Å². The number of carbonyl (C=O) groups is 3. The summed E-state index contributed by atoms with van der Waals surface area (Å²) in [7, 11) is 0. The van der Waals surface area contributed by atoms with E-state index < -0.39 is 108 Å². The number of halogens is 15. The van der Waals surface area contributed by atoms with Gasteiger partial charge in [0.15, 0.2) is 17.0 Å². The molecule has 6 aromatic rings. The van der Waals surface area contributed by atoms with E-state index in [-0.39, 0.29) is 144 Å². The molecule has 3 aliphatic heterocycles. The van der Waals surface area contributed by atoms with Gasteiger partial charge in [0.2, 0.25) is 0 Å². The molecule has 3 aromatic carbocycles. The molecule has 0 saturated carbocycles. The highest BCUT2D eigenvalue weighted by molar-refractivity contribution is 6.32. The molecule has 0 radical (unpaired) electrons. The molecule has 1 unspecified atom stereocenters. The number of aliphatic hydroxyl groups is 6. The summed E-state index contributed by atoms with van der Waals surface area (Å²) in [5.41, 5.74) is -6.81. The van der Waals surface area contributed by atoms with Crippen LogP contribution in [-0.2, 0) is 35.5 Å². The van der Waals surface area contributed by atoms with Crippen molar-refractivity contribution in [2.75, 3.05) is 75.0 Å². The van der Waals surface area contributed by atoms with Gasteiger partial charge in [-0.25, -0.2) is 27.6 Å². The fourth-order valence-electron chi connectivity index (χ4n) is 9.95. The number of nitrogens with zero attached hydrogens (tertiary/aromatic N) is 6. The minimum atomic E-state index is -4.47. The molecule has 3 fully saturated rings. The lowest BCUT2D eigenvalue weighted by Gasteiger charge is -2.36. The van der Waals surface area contributed by atoms with Gasteiger partial charge in [-0.15, -0.1) is 0 Å². The van der Waals surface area contributed by atoms with Crippen LogP contribution in [0.15, 0.2) is 110 Å². The van der Waals surface area contributed by atoms with Crippen LogP contribution in [0.5, 0.6) is 0 Å². The molecule has 3 atom stereocenters. The van der Waals surface area contributed by atoms with Crippen molar-refractivity contribution in [3.8, 4) is 0 Å². The Balaban J connectivity index is 0.000000198. The highest BCUT2D eigenvalue weighted by Gasteiger charge is 2.44. The number of aliphatic hydroxyl groups excluding tert-OH is 6. The lowest BCUT2D eigenvalue weighted by Crippen LogP contribution is -2.45. The summed E-state index contributed by atoms with van der Waals surface area (Å²) < 4.78 is 160. The number of nitrogens with one attached hydrogen (secondary N) is 3. The molecule has 3 aliphatic rings. The van der Waals surface area contributed by atoms with E-state index in [0.29, 0.717) is 0 Å². The Morgan fingerprint density at radius 3 is 0.796 bits per heavy atom. The second-order valence-electron chi connectivity index (χ2n) is 21.8. The monoisotopic (exact) mass is 1380 g/mol. The van der Waals surface area contributed by atoms with E-state index in [1.54, 1.807) is 0 Å². The zero-order chi connectivity index (χ0) is 68.4. The van der Waals surface area contributed by atoms with E-state index in [9.17, 15) is 69.2 Å². The number of benzene rings is 3. The third kappa shape index (κ3) is 18.8. The van der Waals surface area contributed by atoms with Crippen LogP contribution in [0.25, 0.3) is 0 Å². The van der Waals surface area contributed by atoms with E-state index in [1.165, 1.54) is 51.5 Å². The average Bonchev–Trinajstić information content (AvgIpc) is 0.812. The quantitative estimate of drug-likeness (QED) is 0.0519. The summed E-state index contributed by atoms with van der Waals surface area (Å²) in [6.07, 6.45) is -13.7. The number of likely N-dealkylation sites (tertiary alicyclic amines) is 3. The predicted octanol–water partition coefficient (Wildman–Crippen LogP) is 12.8. The largest absolute Gasteiger partial charge is 0.416 e. The normalized spacial score (nSPS) is 17.3. The molecular formula is C60H60Cl3F12N9O9. The minimum absolute atomic E-state index is 0.00847. The summed E-state index contributed by atoms with van der Waals surface area (Å²) in [6, 6.07) is 14.4. The summed E-state index contributed by atoms with van der Waals surface area (Å²) in [5, 5.41) is 63.4. The van der Waals surface area contributed by atoms with Crippen molar-refractivity contribution in [1.82, 2.24) is 29.7 Å². The van der Waals surface area contributed by atoms with Crippen molar-refractivity contribution in [1.29, 1.82) is 0 Å². The summed E-state index contributed by atoms with van der Waals surface area (Å²) in [4.78, 5) is 53.3. The maximum absolute atomic E-state index is 15.5. The van der Waals surface area contributed by atoms with Gasteiger partial charge in [0, 0.05) is 130 Å². The Hall–Kier alpha value is -7.29. The topological polar surface area (TPSA) is 257 Å². The van der Waals surface area contributed by atoms with Gasteiger partial charge in [-0.05, 0) is 91.0 Å². The molecule has 33 heteroatoms. The van der Waals surface area contributed by atoms with Gasteiger partial charge >= 0.3 is 36.6 Å². The highest BCUT2D eigenvalue weighted by Crippen LogP contribution is 2.44. The van der Waals surface area contributed by atoms with Crippen molar-refractivity contribution < 1.29 is 97.7 Å². The van der Waals surface area contributed by atoms with Gasteiger partial charge < -0.3 is 61.3 Å². The smallest absolute Gasteiger partial charge is 0.393 e. The maximum atomic E-state index is 15.5. The average molecular weight is 1390 g/mol. The maximum Gasteiger partial charge on any atom is 0.416 e. The molecule has 3 aromatic heterocycles. The molecule has 504 valence electrons. The molecule has 0 bridgehead atoms. The predicted molar refractivity (Wildman–Crippen MR) is 316 cm³/mol. The molecular weight excluding hydrogens is 1330 g/mol. The van der Waals surface area contributed by atoms with Gasteiger partial charge in [0.1, 0.15) is 18.3 Å². The van der Waals surface area contributed by atoms with Crippen molar-refractivity contribution >= 4 is 70.0 Å². The fraction of sp³-hybridized carbons (Fsp3) is 0.400. The Bertz CT molecular complexity index is 3160. The molecule has 0 spiro atoms. The number of piperidine rings is 3. The van der Waals surface area contributed by atoms with Gasteiger partial charge in [0.25, 0.3) is 0 Å². The third-order valence-corrected chi connectivity index (χ3v) is 16.3. The van der Waals surface area contributed by atoms with E-state index >= 15 is 13.2 Å². The van der Waals surface area contributed by atoms with E-state index in [4.69, 9.17) is 50.1 Å². The van der Waals surface area contributed by atoms with Crippen LogP contribution in [0.3, 0.4) is 0 Å². The number of carbonyl (C=O) groups excluding carboxylic acids is 3. The Morgan fingerprint density at radius 1 is 0.419 bits per heavy atom. The van der Waals surface area contributed by atoms with Crippen molar-refractivity contribution in [3.63, 3.8) is 0 Å². The van der Waals surface area contributed by atoms with Crippen LogP contribution in [0, 0.1) is 0 Å². The number of alkyl halides is 12. The Labute approximate surface area is 537 Å². The van der Waals surface area contributed by atoms with E-state index in [1.807, 2.05) is 0 Å². The lowest BCUT2D eigenvalue weighted by atomic mass is 9.89. The van der Waals surface area contributed by atoms with Crippen LogP contribution < -0.4 is 16.0 Å². The van der Waals surface area contributed by atoms with Crippen molar-refractivity contribution in [3.05, 3.63) is 175 Å². The highest BCUT2D eigenvalue weighted by atomic mass is 35.5. The number of aromatic nitrogens is 3. The van der Waals surface area contributed by atoms with Gasteiger partial charge in [-0.1, -0.05) is 34.8 Å². The first-order valence-electron chi connectivity index (χ1n) is 28.2. The van der Waals surface area contributed by atoms with Crippen LogP contribution in [0.4, 0.5) is 84.1 Å². The fourth-order valence-corrected chi connectivity index (χ4v) is 11.0. The molecule has 6 amide bonds. The summed E-state index contributed by atoms with van der Waals surface area (Å²) in [6.45, 7) is -1.32. The number of pyridine rings is 3. The molecule has 93 heavy (non-hydrogen) atoms. The number of amides is 6. The van der Waals surface area contributed by atoms with Crippen molar-refractivity contribution in [2.45, 2.75) is 92.4 Å². The SMILES string of the molecule is O=C(Nc1ccc(C(F)(F)F)cc1)N1CCC(F)(c2ncc(C(O)CO)cc2Cl)CC1.O=C(Nc1ccc(C(F)(F)F)cc1)N1CCC(F)(c2ncc([C@@H](O)CO)cc2Cl)CC1.O=C(Nc1ccc(C(F)(F)F)cc1)N1CCC(F)(c2ncc([C@H](O)CO)cc2Cl)CC1. The standard InChI is InChI=1S/3C20H20ClF4N3O3/c3*21-15-9-12(16(30)11-29)10-26-17(15)19(22)5-7-28(8-6-19)18(31)27-14-3-1-13(2-4-14)20(23,24)25/h3*1-4,9-10,16,29-30H,5-8,11H2,(H,27,31)/t2*16-;/m10./s1. The zero-order valence-corrected chi connectivity index (χ0v) is 50.8. The van der Waals surface area contributed by atoms with Crippen molar-refractivity contribution in [2.24, 2.45) is 0 Å². The second-order valence-corrected chi connectivity index (χ2v) is 23.0. The Kier molecular flexibility index (Phi) is 23.9. The van der Waals surface area contributed by atoms with Crippen LogP contribution in [-0.4, -0.2) is 137 Å². The number of anilines is 3. The second kappa shape index (κ2) is 30.4. The van der Waals surface area contributed by atoms with Crippen LogP contribution in [0.2, 0.25) is 15.1 Å². The summed E-state index contributed by atoms with van der Waals surface area (Å²) in [5.74, 6) is 0. The van der Waals surface area contributed by atoms with E-state index in [2.05, 4.69) is 30.9 Å². The van der Waals surface area contributed by atoms with E-state index in [0.717, 1.165) is 72.8 Å². The lowest BCUT2D eigenvalue weighted by molar-refractivity contribution is -0.138. The molecule has 18 nitrogen and oxygen atoms in total. The van der Waals surface area contributed by atoms with Crippen LogP contribution >= 0.6 is 34.8 Å². The molecule has 9 rings (SSSR count). The molecule has 3 saturated heterocycles. The minimum Gasteiger partial charge on any atom is -0.393 e. The first-order valence-corrected chi connectivity index (χ1v) is 29.3. The third-order valence-electron chi connectivity index (χ3n) is 15.5. The molecule has 0 aliphatic carbocycles. The Morgan fingerprint density at radius 2 is 0.624 bits per heavy atom. The van der Waals surface area contributed by atoms with Crippen LogP contribution in [0.1, 0.15) is 107 Å². The first-order chi connectivity index (χ1) is 43.6. The van der Waals surface area contributed by atoms with Gasteiger partial charge in [0.05, 0.1) is 68.7 Å². The first kappa shape index (κ1) is 73.1. The molecule has 9 N–H and O–H groups in total. The number of hydrogen-bond donors (Lipinski definition) is 9. The molecule has 6 heterocycles.